The smallest absolute Gasteiger partial charge is 0.292 e. The van der Waals surface area contributed by atoms with E-state index in [1.54, 1.807) is 67.0 Å². The first kappa shape index (κ1) is 19.8. The molecule has 29 heavy (non-hydrogen) atoms. The molecule has 0 spiro atoms. The zero-order valence-electron chi connectivity index (χ0n) is 15.6. The highest BCUT2D eigenvalue weighted by Gasteiger charge is 2.11. The summed E-state index contributed by atoms with van der Waals surface area (Å²) >= 11 is 0. The van der Waals surface area contributed by atoms with Crippen LogP contribution in [0.3, 0.4) is 0 Å². The minimum Gasteiger partial charge on any atom is -0.457 e. The number of amides is 1. The lowest BCUT2D eigenvalue weighted by Crippen LogP contribution is -2.13. The molecule has 0 bridgehead atoms. The van der Waals surface area contributed by atoms with E-state index in [4.69, 9.17) is 4.74 Å². The van der Waals surface area contributed by atoms with Crippen molar-refractivity contribution < 1.29 is 14.5 Å². The molecular formula is C21H20N4O4. The van der Waals surface area contributed by atoms with E-state index in [1.807, 2.05) is 0 Å². The van der Waals surface area contributed by atoms with Gasteiger partial charge < -0.3 is 15.4 Å². The largest absolute Gasteiger partial charge is 0.457 e. The van der Waals surface area contributed by atoms with Gasteiger partial charge in [0.15, 0.2) is 0 Å². The molecule has 2 aromatic carbocycles. The molecule has 148 valence electrons. The number of nitrogens with one attached hydrogen (secondary N) is 2. The molecule has 1 heterocycles. The maximum atomic E-state index is 12.1. The third-order valence-electron chi connectivity index (χ3n) is 4.02. The van der Waals surface area contributed by atoms with E-state index < -0.39 is 4.92 Å². The van der Waals surface area contributed by atoms with E-state index in [9.17, 15) is 14.9 Å². The van der Waals surface area contributed by atoms with Crippen molar-refractivity contribution in [2.45, 2.75) is 12.8 Å². The first-order valence-electron chi connectivity index (χ1n) is 9.07. The summed E-state index contributed by atoms with van der Waals surface area (Å²) in [5.74, 6) is 1.21. The molecule has 1 amide bonds. The summed E-state index contributed by atoms with van der Waals surface area (Å²) in [6, 6.07) is 17.0. The summed E-state index contributed by atoms with van der Waals surface area (Å²) in [7, 11) is 0. The fourth-order valence-electron chi connectivity index (χ4n) is 2.63. The monoisotopic (exact) mass is 392 g/mol. The minimum atomic E-state index is -0.433. The van der Waals surface area contributed by atoms with Crippen molar-refractivity contribution in [2.24, 2.45) is 0 Å². The third-order valence-corrected chi connectivity index (χ3v) is 4.02. The fraction of sp³-hybridized carbons (Fsp3) is 0.143. The highest BCUT2D eigenvalue weighted by molar-refractivity contribution is 5.90. The normalized spacial score (nSPS) is 10.2. The number of benzene rings is 2. The molecule has 0 unspecified atom stereocenters. The van der Waals surface area contributed by atoms with Crippen LogP contribution in [0.25, 0.3) is 0 Å². The van der Waals surface area contributed by atoms with Gasteiger partial charge >= 0.3 is 0 Å². The van der Waals surface area contributed by atoms with Gasteiger partial charge in [0.25, 0.3) is 5.69 Å². The number of pyridine rings is 1. The Labute approximate surface area is 167 Å². The predicted octanol–water partition coefficient (Wildman–Crippen LogP) is 4.61. The summed E-state index contributed by atoms with van der Waals surface area (Å²) in [4.78, 5) is 26.6. The number of carbonyl (C=O) groups is 1. The van der Waals surface area contributed by atoms with Crippen LogP contribution in [0.5, 0.6) is 11.5 Å². The molecule has 2 N–H and O–H groups in total. The zero-order valence-corrected chi connectivity index (χ0v) is 15.6. The topological polar surface area (TPSA) is 106 Å². The predicted molar refractivity (Wildman–Crippen MR) is 110 cm³/mol. The Bertz CT molecular complexity index is 962. The van der Waals surface area contributed by atoms with Crippen LogP contribution >= 0.6 is 0 Å². The number of nitro groups is 1. The van der Waals surface area contributed by atoms with Gasteiger partial charge in [0.1, 0.15) is 17.2 Å². The van der Waals surface area contributed by atoms with Crippen molar-refractivity contribution in [3.8, 4) is 11.5 Å². The van der Waals surface area contributed by atoms with E-state index >= 15 is 0 Å². The Kier molecular flexibility index (Phi) is 6.72. The second kappa shape index (κ2) is 9.84. The minimum absolute atomic E-state index is 0.0195. The molecule has 0 saturated carbocycles. The second-order valence-corrected chi connectivity index (χ2v) is 6.16. The van der Waals surface area contributed by atoms with Gasteiger partial charge in [-0.2, -0.15) is 0 Å². The number of ether oxygens (including phenoxy) is 1. The number of nitro benzene ring substituents is 1. The summed E-state index contributed by atoms with van der Waals surface area (Å²) in [5.41, 5.74) is 1.14. The first-order chi connectivity index (χ1) is 14.1. The van der Waals surface area contributed by atoms with E-state index in [0.717, 1.165) is 0 Å². The van der Waals surface area contributed by atoms with Crippen LogP contribution in [0.2, 0.25) is 0 Å². The van der Waals surface area contributed by atoms with Crippen LogP contribution in [0.15, 0.2) is 73.1 Å². The van der Waals surface area contributed by atoms with Crippen molar-refractivity contribution in [2.75, 3.05) is 17.2 Å². The number of hydrogen-bond donors (Lipinski definition) is 2. The number of carbonyl (C=O) groups excluding carboxylic acids is 1. The highest BCUT2D eigenvalue weighted by atomic mass is 16.6. The lowest BCUT2D eigenvalue weighted by atomic mass is 10.2. The van der Waals surface area contributed by atoms with Crippen molar-refractivity contribution in [1.29, 1.82) is 0 Å². The summed E-state index contributed by atoms with van der Waals surface area (Å²) in [6.07, 6.45) is 4.13. The lowest BCUT2D eigenvalue weighted by Gasteiger charge is -2.09. The molecule has 0 aliphatic carbocycles. The van der Waals surface area contributed by atoms with Gasteiger partial charge in [0.05, 0.1) is 4.92 Å². The Balaban J connectivity index is 1.42. The summed E-state index contributed by atoms with van der Waals surface area (Å²) < 4.78 is 5.68. The Morgan fingerprint density at radius 2 is 1.69 bits per heavy atom. The molecule has 0 atom stereocenters. The van der Waals surface area contributed by atoms with Gasteiger partial charge in [0, 0.05) is 37.1 Å². The van der Waals surface area contributed by atoms with Crippen LogP contribution in [0.1, 0.15) is 12.8 Å². The Hall–Kier alpha value is -3.94. The van der Waals surface area contributed by atoms with Gasteiger partial charge in [0.2, 0.25) is 5.91 Å². The van der Waals surface area contributed by atoms with Gasteiger partial charge in [-0.3, -0.25) is 19.9 Å². The van der Waals surface area contributed by atoms with Gasteiger partial charge in [-0.15, -0.1) is 0 Å². The molecule has 1 aromatic heterocycles. The van der Waals surface area contributed by atoms with Crippen molar-refractivity contribution in [3.63, 3.8) is 0 Å². The van der Waals surface area contributed by atoms with E-state index in [-0.39, 0.29) is 11.6 Å². The first-order valence-corrected chi connectivity index (χ1v) is 9.07. The third kappa shape index (κ3) is 6.03. The summed E-state index contributed by atoms with van der Waals surface area (Å²) in [6.45, 7) is 0.455. The van der Waals surface area contributed by atoms with Gasteiger partial charge in [-0.05, 0) is 48.9 Å². The molecule has 8 heteroatoms. The van der Waals surface area contributed by atoms with Crippen LogP contribution in [-0.4, -0.2) is 22.4 Å². The van der Waals surface area contributed by atoms with Crippen LogP contribution in [0, 0.1) is 10.1 Å². The molecule has 8 nitrogen and oxygen atoms in total. The average Bonchev–Trinajstić information content (AvgIpc) is 2.73. The van der Waals surface area contributed by atoms with Crippen molar-refractivity contribution in [1.82, 2.24) is 4.98 Å². The zero-order chi connectivity index (χ0) is 20.5. The SMILES string of the molecule is O=C(CCCNc1ccccc1[N+](=O)[O-])Nc1ccc(Oc2ccncc2)cc1. The molecule has 0 aliphatic rings. The fourth-order valence-corrected chi connectivity index (χ4v) is 2.63. The quantitative estimate of drug-likeness (QED) is 0.313. The average molecular weight is 392 g/mol. The highest BCUT2D eigenvalue weighted by Crippen LogP contribution is 2.24. The number of aromatic nitrogens is 1. The number of para-hydroxylation sites is 2. The molecule has 3 aromatic rings. The number of rotatable bonds is 9. The van der Waals surface area contributed by atoms with Crippen molar-refractivity contribution >= 4 is 23.0 Å². The van der Waals surface area contributed by atoms with Crippen LogP contribution in [-0.2, 0) is 4.79 Å². The standard InChI is InChI=1S/C21H20N4O4/c26-21(6-3-13-23-19-4-1-2-5-20(19)25(27)28)24-16-7-9-17(10-8-16)29-18-11-14-22-15-12-18/h1-2,4-5,7-12,14-15,23H,3,6,13H2,(H,24,26). The van der Waals surface area contributed by atoms with Crippen LogP contribution < -0.4 is 15.4 Å². The van der Waals surface area contributed by atoms with Gasteiger partial charge in [-0.1, -0.05) is 12.1 Å². The molecule has 0 radical (unpaired) electrons. The van der Waals surface area contributed by atoms with Crippen molar-refractivity contribution in [3.05, 3.63) is 83.2 Å². The number of nitrogens with zero attached hydrogens (tertiary/aromatic N) is 2. The molecule has 3 rings (SSSR count). The molecule has 0 saturated heterocycles. The Morgan fingerprint density at radius 1 is 1.00 bits per heavy atom. The lowest BCUT2D eigenvalue weighted by molar-refractivity contribution is -0.384. The number of hydrogen-bond acceptors (Lipinski definition) is 6. The Morgan fingerprint density at radius 3 is 2.41 bits per heavy atom. The second-order valence-electron chi connectivity index (χ2n) is 6.16. The summed E-state index contributed by atoms with van der Waals surface area (Å²) in [5, 5.41) is 16.8. The molecular weight excluding hydrogens is 372 g/mol. The number of anilines is 2. The molecule has 0 fully saturated rings. The van der Waals surface area contributed by atoms with E-state index in [0.29, 0.717) is 42.3 Å². The maximum Gasteiger partial charge on any atom is 0.292 e. The molecule has 0 aliphatic heterocycles. The van der Waals surface area contributed by atoms with E-state index in [2.05, 4.69) is 15.6 Å². The maximum absolute atomic E-state index is 12.1. The van der Waals surface area contributed by atoms with E-state index in [1.165, 1.54) is 6.07 Å². The van der Waals surface area contributed by atoms with Crippen LogP contribution in [0.4, 0.5) is 17.1 Å². The van der Waals surface area contributed by atoms with Gasteiger partial charge in [-0.25, -0.2) is 0 Å².